The van der Waals surface area contributed by atoms with Crippen LogP contribution in [0.3, 0.4) is 0 Å². The SMILES string of the molecule is CCc1cccc(C)c1NC(=O)CN1CCCC(O)C1. The van der Waals surface area contributed by atoms with E-state index in [1.165, 1.54) is 0 Å². The molecular weight excluding hydrogens is 252 g/mol. The number of aliphatic hydroxyl groups is 1. The van der Waals surface area contributed by atoms with E-state index in [9.17, 15) is 9.90 Å². The van der Waals surface area contributed by atoms with Gasteiger partial charge in [0.2, 0.25) is 5.91 Å². The van der Waals surface area contributed by atoms with Gasteiger partial charge in [0.15, 0.2) is 0 Å². The van der Waals surface area contributed by atoms with Gasteiger partial charge in [-0.15, -0.1) is 0 Å². The largest absolute Gasteiger partial charge is 0.392 e. The van der Waals surface area contributed by atoms with E-state index in [0.717, 1.165) is 42.6 Å². The van der Waals surface area contributed by atoms with Crippen molar-refractivity contribution < 1.29 is 9.90 Å². The molecule has 0 bridgehead atoms. The van der Waals surface area contributed by atoms with Gasteiger partial charge in [-0.25, -0.2) is 0 Å². The quantitative estimate of drug-likeness (QED) is 0.884. The van der Waals surface area contributed by atoms with Crippen molar-refractivity contribution in [2.75, 3.05) is 25.0 Å². The smallest absolute Gasteiger partial charge is 0.238 e. The average Bonchev–Trinajstić information content (AvgIpc) is 2.41. The summed E-state index contributed by atoms with van der Waals surface area (Å²) in [6, 6.07) is 6.08. The molecule has 1 saturated heterocycles. The van der Waals surface area contributed by atoms with Gasteiger partial charge in [-0.2, -0.15) is 0 Å². The standard InChI is InChI=1S/C16H24N2O2/c1-3-13-7-4-6-12(2)16(13)17-15(20)11-18-9-5-8-14(19)10-18/h4,6-7,14,19H,3,5,8-11H2,1-2H3,(H,17,20). The number of amides is 1. The lowest BCUT2D eigenvalue weighted by molar-refractivity contribution is -0.118. The Morgan fingerprint density at radius 1 is 1.50 bits per heavy atom. The molecule has 1 aromatic rings. The summed E-state index contributed by atoms with van der Waals surface area (Å²) in [5, 5.41) is 12.7. The van der Waals surface area contributed by atoms with E-state index in [-0.39, 0.29) is 12.0 Å². The van der Waals surface area contributed by atoms with Crippen LogP contribution >= 0.6 is 0 Å². The molecule has 4 heteroatoms. The van der Waals surface area contributed by atoms with Crippen molar-refractivity contribution in [3.8, 4) is 0 Å². The summed E-state index contributed by atoms with van der Waals surface area (Å²) >= 11 is 0. The Bertz CT molecular complexity index is 474. The Morgan fingerprint density at radius 2 is 2.30 bits per heavy atom. The second kappa shape index (κ2) is 6.86. The number of benzene rings is 1. The van der Waals surface area contributed by atoms with Gasteiger partial charge in [0.05, 0.1) is 12.6 Å². The first kappa shape index (κ1) is 15.0. The van der Waals surface area contributed by atoms with Crippen LogP contribution in [-0.4, -0.2) is 41.7 Å². The topological polar surface area (TPSA) is 52.6 Å². The third kappa shape index (κ3) is 3.81. The lowest BCUT2D eigenvalue weighted by atomic mass is 10.1. The number of carbonyl (C=O) groups excluding carboxylic acids is 1. The van der Waals surface area contributed by atoms with E-state index >= 15 is 0 Å². The summed E-state index contributed by atoms with van der Waals surface area (Å²) in [5.41, 5.74) is 3.20. The van der Waals surface area contributed by atoms with Crippen LogP contribution in [-0.2, 0) is 11.2 Å². The van der Waals surface area contributed by atoms with Crippen molar-refractivity contribution in [3.63, 3.8) is 0 Å². The summed E-state index contributed by atoms with van der Waals surface area (Å²) in [7, 11) is 0. The third-order valence-electron chi connectivity index (χ3n) is 3.85. The van der Waals surface area contributed by atoms with Gasteiger partial charge in [-0.1, -0.05) is 25.1 Å². The van der Waals surface area contributed by atoms with E-state index in [1.54, 1.807) is 0 Å². The van der Waals surface area contributed by atoms with Crippen LogP contribution in [0, 0.1) is 6.92 Å². The number of aliphatic hydroxyl groups excluding tert-OH is 1. The van der Waals surface area contributed by atoms with Crippen molar-refractivity contribution in [1.29, 1.82) is 0 Å². The van der Waals surface area contributed by atoms with Crippen LogP contribution in [0.1, 0.15) is 30.9 Å². The van der Waals surface area contributed by atoms with E-state index in [4.69, 9.17) is 0 Å². The first-order chi connectivity index (χ1) is 9.60. The molecule has 4 nitrogen and oxygen atoms in total. The maximum atomic E-state index is 12.2. The molecule has 0 saturated carbocycles. The van der Waals surface area contributed by atoms with E-state index in [0.29, 0.717) is 13.1 Å². The highest BCUT2D eigenvalue weighted by atomic mass is 16.3. The molecule has 1 aliphatic heterocycles. The molecule has 1 amide bonds. The fourth-order valence-electron chi connectivity index (χ4n) is 2.76. The third-order valence-corrected chi connectivity index (χ3v) is 3.85. The Hall–Kier alpha value is -1.39. The molecule has 0 spiro atoms. The van der Waals surface area contributed by atoms with E-state index in [2.05, 4.69) is 12.2 Å². The lowest BCUT2D eigenvalue weighted by Gasteiger charge is -2.29. The molecule has 110 valence electrons. The van der Waals surface area contributed by atoms with Gasteiger partial charge in [0, 0.05) is 12.2 Å². The highest BCUT2D eigenvalue weighted by Gasteiger charge is 2.20. The minimum atomic E-state index is -0.291. The van der Waals surface area contributed by atoms with Crippen molar-refractivity contribution >= 4 is 11.6 Å². The highest BCUT2D eigenvalue weighted by molar-refractivity contribution is 5.93. The molecule has 1 aromatic carbocycles. The zero-order chi connectivity index (χ0) is 14.5. The van der Waals surface area contributed by atoms with Crippen LogP contribution < -0.4 is 5.32 Å². The number of para-hydroxylation sites is 1. The van der Waals surface area contributed by atoms with Crippen LogP contribution in [0.25, 0.3) is 0 Å². The number of anilines is 1. The van der Waals surface area contributed by atoms with Crippen LogP contribution in [0.4, 0.5) is 5.69 Å². The fourth-order valence-corrected chi connectivity index (χ4v) is 2.76. The molecule has 2 rings (SSSR count). The normalized spacial score (nSPS) is 19.9. The van der Waals surface area contributed by atoms with Gasteiger partial charge in [-0.05, 0) is 43.9 Å². The first-order valence-electron chi connectivity index (χ1n) is 7.39. The van der Waals surface area contributed by atoms with Gasteiger partial charge < -0.3 is 10.4 Å². The maximum absolute atomic E-state index is 12.2. The maximum Gasteiger partial charge on any atom is 0.238 e. The highest BCUT2D eigenvalue weighted by Crippen LogP contribution is 2.21. The molecule has 1 unspecified atom stereocenters. The van der Waals surface area contributed by atoms with Gasteiger partial charge in [0.25, 0.3) is 0 Å². The van der Waals surface area contributed by atoms with Crippen LogP contribution in [0.15, 0.2) is 18.2 Å². The number of nitrogens with zero attached hydrogens (tertiary/aromatic N) is 1. The number of likely N-dealkylation sites (tertiary alicyclic amines) is 1. The molecule has 0 aliphatic carbocycles. The van der Waals surface area contributed by atoms with Crippen LogP contribution in [0.5, 0.6) is 0 Å². The van der Waals surface area contributed by atoms with E-state index < -0.39 is 0 Å². The van der Waals surface area contributed by atoms with Crippen molar-refractivity contribution in [2.24, 2.45) is 0 Å². The first-order valence-corrected chi connectivity index (χ1v) is 7.39. The number of nitrogens with one attached hydrogen (secondary N) is 1. The summed E-state index contributed by atoms with van der Waals surface area (Å²) < 4.78 is 0. The molecule has 1 atom stereocenters. The number of piperidine rings is 1. The van der Waals surface area contributed by atoms with Crippen molar-refractivity contribution in [1.82, 2.24) is 4.90 Å². The summed E-state index contributed by atoms with van der Waals surface area (Å²) in [4.78, 5) is 14.2. The molecule has 2 N–H and O–H groups in total. The van der Waals surface area contributed by atoms with Crippen molar-refractivity contribution in [3.05, 3.63) is 29.3 Å². The number of hydrogen-bond donors (Lipinski definition) is 2. The molecule has 1 fully saturated rings. The monoisotopic (exact) mass is 276 g/mol. The molecule has 20 heavy (non-hydrogen) atoms. The summed E-state index contributed by atoms with van der Waals surface area (Å²) in [5.74, 6) is 0.00287. The average molecular weight is 276 g/mol. The zero-order valence-electron chi connectivity index (χ0n) is 12.4. The van der Waals surface area contributed by atoms with Gasteiger partial charge in [-0.3, -0.25) is 9.69 Å². The minimum absolute atomic E-state index is 0.00287. The fraction of sp³-hybridized carbons (Fsp3) is 0.562. The number of hydrogen-bond acceptors (Lipinski definition) is 3. The molecular formula is C16H24N2O2. The van der Waals surface area contributed by atoms with Crippen LogP contribution in [0.2, 0.25) is 0 Å². The molecule has 1 aliphatic rings. The minimum Gasteiger partial charge on any atom is -0.392 e. The second-order valence-electron chi connectivity index (χ2n) is 5.54. The molecule has 0 aromatic heterocycles. The Labute approximate surface area is 120 Å². The Morgan fingerprint density at radius 3 is 3.00 bits per heavy atom. The summed E-state index contributed by atoms with van der Waals surface area (Å²) in [6.07, 6.45) is 2.41. The number of β-amino-alcohol motifs (C(OH)–C–C–N with tert-alkyl or cyclic N) is 1. The predicted octanol–water partition coefficient (Wildman–Crippen LogP) is 1.95. The zero-order valence-corrected chi connectivity index (χ0v) is 12.4. The Kier molecular flexibility index (Phi) is 5.15. The lowest BCUT2D eigenvalue weighted by Crippen LogP contribution is -2.42. The van der Waals surface area contributed by atoms with Gasteiger partial charge >= 0.3 is 0 Å². The summed E-state index contributed by atoms with van der Waals surface area (Å²) in [6.45, 7) is 5.94. The molecule has 1 heterocycles. The number of rotatable bonds is 4. The second-order valence-corrected chi connectivity index (χ2v) is 5.54. The predicted molar refractivity (Wildman–Crippen MR) is 80.9 cm³/mol. The Balaban J connectivity index is 1.98. The van der Waals surface area contributed by atoms with E-state index in [1.807, 2.05) is 30.0 Å². The number of carbonyl (C=O) groups is 1. The number of aryl methyl sites for hydroxylation is 2. The van der Waals surface area contributed by atoms with Crippen molar-refractivity contribution in [2.45, 2.75) is 39.2 Å². The molecule has 0 radical (unpaired) electrons. The van der Waals surface area contributed by atoms with Gasteiger partial charge in [0.1, 0.15) is 0 Å².